The second-order valence-corrected chi connectivity index (χ2v) is 7.94. The molecule has 176 valence electrons. The largest absolute Gasteiger partial charge is 0.490 e. The molecule has 1 aliphatic rings. The monoisotopic (exact) mass is 454 g/mol. The van der Waals surface area contributed by atoms with Gasteiger partial charge in [0.2, 0.25) is 0 Å². The summed E-state index contributed by atoms with van der Waals surface area (Å²) in [7, 11) is 0. The Morgan fingerprint density at radius 3 is 2.48 bits per heavy atom. The van der Waals surface area contributed by atoms with E-state index in [1.807, 2.05) is 13.0 Å². The summed E-state index contributed by atoms with van der Waals surface area (Å²) in [5, 5.41) is 9.49. The lowest BCUT2D eigenvalue weighted by Crippen LogP contribution is -2.44. The molecule has 8 nitrogen and oxygen atoms in total. The topological polar surface area (TPSA) is 106 Å². The summed E-state index contributed by atoms with van der Waals surface area (Å²) in [5.41, 5.74) is 1.04. The molecule has 2 amide bonds. The molecule has 1 aromatic carbocycles. The molecule has 0 aliphatic carbocycles. The molecule has 1 aliphatic heterocycles. The summed E-state index contributed by atoms with van der Waals surface area (Å²) in [4.78, 5) is 37.6. The Hall–Kier alpha value is -3.60. The number of imide groups is 1. The van der Waals surface area contributed by atoms with Crippen LogP contribution in [0.2, 0.25) is 0 Å². The Morgan fingerprint density at radius 1 is 1.15 bits per heavy atom. The van der Waals surface area contributed by atoms with Gasteiger partial charge in [-0.25, -0.2) is 0 Å². The molecular weight excluding hydrogens is 424 g/mol. The van der Waals surface area contributed by atoms with Crippen molar-refractivity contribution in [3.63, 3.8) is 0 Å². The van der Waals surface area contributed by atoms with Crippen LogP contribution in [0.5, 0.6) is 11.5 Å². The summed E-state index contributed by atoms with van der Waals surface area (Å²) in [6, 6.07) is 7.20. The van der Waals surface area contributed by atoms with E-state index < -0.39 is 17.8 Å². The number of esters is 1. The first kappa shape index (κ1) is 25.7. The summed E-state index contributed by atoms with van der Waals surface area (Å²) < 4.78 is 16.4. The second kappa shape index (κ2) is 11.9. The van der Waals surface area contributed by atoms with Gasteiger partial charge in [-0.3, -0.25) is 19.3 Å². The molecule has 0 atom stereocenters. The van der Waals surface area contributed by atoms with Gasteiger partial charge >= 0.3 is 5.97 Å². The van der Waals surface area contributed by atoms with E-state index in [2.05, 4.69) is 13.8 Å². The van der Waals surface area contributed by atoms with E-state index in [4.69, 9.17) is 14.2 Å². The molecule has 0 N–H and O–H groups in total. The minimum absolute atomic E-state index is 0.123. The number of hydrogen-bond acceptors (Lipinski definition) is 7. The minimum Gasteiger partial charge on any atom is -0.490 e. The highest BCUT2D eigenvalue weighted by Gasteiger charge is 2.35. The lowest BCUT2D eigenvalue weighted by atomic mass is 9.93. The van der Waals surface area contributed by atoms with Crippen molar-refractivity contribution in [2.24, 2.45) is 5.92 Å². The second-order valence-electron chi connectivity index (χ2n) is 7.94. The minimum atomic E-state index is -0.701. The Kier molecular flexibility index (Phi) is 9.22. The average molecular weight is 455 g/mol. The molecule has 0 aromatic heterocycles. The molecule has 0 radical (unpaired) electrons. The maximum Gasteiger partial charge on any atom is 0.302 e. The average Bonchev–Trinajstić information content (AvgIpc) is 2.75. The summed E-state index contributed by atoms with van der Waals surface area (Å²) in [6.45, 7) is 9.63. The van der Waals surface area contributed by atoms with E-state index >= 15 is 0 Å². The third-order valence-electron chi connectivity index (χ3n) is 4.98. The molecule has 1 heterocycles. The van der Waals surface area contributed by atoms with E-state index in [0.717, 1.165) is 11.3 Å². The number of carbonyl (C=O) groups is 3. The van der Waals surface area contributed by atoms with Crippen LogP contribution in [0.4, 0.5) is 0 Å². The van der Waals surface area contributed by atoms with Crippen molar-refractivity contribution in [1.82, 2.24) is 4.90 Å². The Bertz CT molecular complexity index is 1020. The predicted octanol–water partition coefficient (Wildman–Crippen LogP) is 3.67. The van der Waals surface area contributed by atoms with Crippen LogP contribution in [-0.2, 0) is 19.1 Å². The van der Waals surface area contributed by atoms with Crippen molar-refractivity contribution in [1.29, 1.82) is 5.26 Å². The summed E-state index contributed by atoms with van der Waals surface area (Å²) in [6.07, 6.45) is 2.52. The van der Waals surface area contributed by atoms with E-state index in [-0.39, 0.29) is 24.3 Å². The van der Waals surface area contributed by atoms with Crippen molar-refractivity contribution in [3.05, 3.63) is 40.5 Å². The quantitative estimate of drug-likeness (QED) is 0.302. The molecule has 0 saturated carbocycles. The summed E-state index contributed by atoms with van der Waals surface area (Å²) in [5.74, 6) is -0.111. The first-order chi connectivity index (χ1) is 15.7. The van der Waals surface area contributed by atoms with Crippen LogP contribution in [0.1, 0.15) is 46.6 Å². The molecule has 1 aromatic rings. The van der Waals surface area contributed by atoms with Gasteiger partial charge in [-0.05, 0) is 55.5 Å². The molecule has 0 spiro atoms. The fourth-order valence-corrected chi connectivity index (χ4v) is 3.19. The van der Waals surface area contributed by atoms with Crippen LogP contribution in [-0.4, -0.2) is 49.0 Å². The highest BCUT2D eigenvalue weighted by molar-refractivity contribution is 6.19. The number of rotatable bonds is 10. The standard InChI is InChI=1S/C25H30N2O6/c1-6-31-23-14-19(7-8-22(23)33-11-9-16(2)3)13-20-17(4)21(15-26)25(30)27(24(20)29)10-12-32-18(5)28/h7-8,13-14,16H,6,9-12H2,1-5H3/b20-13+. The van der Waals surface area contributed by atoms with Crippen LogP contribution < -0.4 is 9.47 Å². The van der Waals surface area contributed by atoms with Crippen LogP contribution in [0, 0.1) is 17.2 Å². The number of carbonyl (C=O) groups excluding carboxylic acids is 3. The maximum atomic E-state index is 13.1. The molecule has 33 heavy (non-hydrogen) atoms. The lowest BCUT2D eigenvalue weighted by Gasteiger charge is -2.27. The van der Waals surface area contributed by atoms with Crippen LogP contribution >= 0.6 is 0 Å². The van der Waals surface area contributed by atoms with Crippen molar-refractivity contribution in [3.8, 4) is 17.6 Å². The van der Waals surface area contributed by atoms with Crippen LogP contribution in [0.3, 0.4) is 0 Å². The number of nitriles is 1. The lowest BCUT2D eigenvalue weighted by molar-refractivity contribution is -0.147. The van der Waals surface area contributed by atoms with Crippen molar-refractivity contribution in [2.45, 2.75) is 41.0 Å². The molecule has 0 bridgehead atoms. The third-order valence-corrected chi connectivity index (χ3v) is 4.98. The van der Waals surface area contributed by atoms with E-state index in [0.29, 0.717) is 41.8 Å². The predicted molar refractivity (Wildman–Crippen MR) is 122 cm³/mol. The normalized spacial score (nSPS) is 15.2. The zero-order valence-corrected chi connectivity index (χ0v) is 19.8. The van der Waals surface area contributed by atoms with Crippen LogP contribution in [0.25, 0.3) is 6.08 Å². The van der Waals surface area contributed by atoms with Crippen LogP contribution in [0.15, 0.2) is 34.9 Å². The molecule has 2 rings (SSSR count). The van der Waals surface area contributed by atoms with Crippen molar-refractivity contribution < 1.29 is 28.6 Å². The zero-order valence-electron chi connectivity index (χ0n) is 19.8. The van der Waals surface area contributed by atoms with Gasteiger partial charge in [-0.15, -0.1) is 0 Å². The number of amides is 2. The van der Waals surface area contributed by atoms with Crippen molar-refractivity contribution in [2.75, 3.05) is 26.4 Å². The van der Waals surface area contributed by atoms with E-state index in [1.54, 1.807) is 31.2 Å². The number of benzene rings is 1. The first-order valence-electron chi connectivity index (χ1n) is 10.9. The van der Waals surface area contributed by atoms with Gasteiger partial charge < -0.3 is 14.2 Å². The summed E-state index contributed by atoms with van der Waals surface area (Å²) >= 11 is 0. The Morgan fingerprint density at radius 2 is 1.88 bits per heavy atom. The molecule has 0 saturated heterocycles. The fourth-order valence-electron chi connectivity index (χ4n) is 3.19. The third kappa shape index (κ3) is 6.69. The maximum absolute atomic E-state index is 13.1. The highest BCUT2D eigenvalue weighted by atomic mass is 16.5. The number of nitrogens with zero attached hydrogens (tertiary/aromatic N) is 2. The Labute approximate surface area is 194 Å². The SMILES string of the molecule is CCOc1cc(/C=C2/C(=O)N(CCOC(C)=O)C(=O)C(C#N)=C2C)ccc1OCCC(C)C. The number of hydrogen-bond donors (Lipinski definition) is 0. The zero-order chi connectivity index (χ0) is 24.5. The van der Waals surface area contributed by atoms with Gasteiger partial charge in [0.05, 0.1) is 19.8 Å². The van der Waals surface area contributed by atoms with E-state index in [9.17, 15) is 19.6 Å². The molecule has 0 fully saturated rings. The van der Waals surface area contributed by atoms with Gasteiger partial charge in [0.1, 0.15) is 18.2 Å². The van der Waals surface area contributed by atoms with Gasteiger partial charge in [0.25, 0.3) is 11.8 Å². The smallest absolute Gasteiger partial charge is 0.302 e. The Balaban J connectivity index is 2.39. The fraction of sp³-hybridized carbons (Fsp3) is 0.440. The molecule has 8 heteroatoms. The van der Waals surface area contributed by atoms with Gasteiger partial charge in [0, 0.05) is 12.5 Å². The van der Waals surface area contributed by atoms with Gasteiger partial charge in [0.15, 0.2) is 11.5 Å². The molecule has 0 unspecified atom stereocenters. The van der Waals surface area contributed by atoms with Gasteiger partial charge in [-0.1, -0.05) is 19.9 Å². The highest BCUT2D eigenvalue weighted by Crippen LogP contribution is 2.32. The first-order valence-corrected chi connectivity index (χ1v) is 10.9. The number of ether oxygens (including phenoxy) is 3. The molecular formula is C25H30N2O6. The van der Waals surface area contributed by atoms with E-state index in [1.165, 1.54) is 6.92 Å². The van der Waals surface area contributed by atoms with Crippen molar-refractivity contribution >= 4 is 23.9 Å². The van der Waals surface area contributed by atoms with Gasteiger partial charge in [-0.2, -0.15) is 5.26 Å².